The molecule has 0 aliphatic heterocycles. The molecule has 0 atom stereocenters. The zero-order valence-electron chi connectivity index (χ0n) is 13.0. The predicted molar refractivity (Wildman–Crippen MR) is 85.4 cm³/mol. The number of aryl methyl sites for hydroxylation is 2. The standard InChI is InChI=1S/C16H17FN6/c1-11-9-12(2)23(22-11)8-7-18-16-20-15(10-19-21-16)13-5-3-4-6-14(13)17/h3-6,9-10H,7-8H2,1-2H3,(H,18,20,21). The molecule has 0 saturated heterocycles. The maximum Gasteiger partial charge on any atom is 0.243 e. The van der Waals surface area contributed by atoms with Crippen LogP contribution in [0, 0.1) is 19.7 Å². The Bertz CT molecular complexity index is 814. The molecule has 2 aromatic heterocycles. The van der Waals surface area contributed by atoms with Crippen LogP contribution in [0.2, 0.25) is 0 Å². The van der Waals surface area contributed by atoms with Crippen LogP contribution in [0.25, 0.3) is 11.3 Å². The number of hydrogen-bond acceptors (Lipinski definition) is 5. The zero-order valence-corrected chi connectivity index (χ0v) is 13.0. The van der Waals surface area contributed by atoms with Crippen molar-refractivity contribution in [1.82, 2.24) is 25.0 Å². The van der Waals surface area contributed by atoms with E-state index in [0.29, 0.717) is 30.3 Å². The van der Waals surface area contributed by atoms with Crippen LogP contribution in [0.3, 0.4) is 0 Å². The molecule has 1 N–H and O–H groups in total. The van der Waals surface area contributed by atoms with Gasteiger partial charge in [0.05, 0.1) is 24.1 Å². The predicted octanol–water partition coefficient (Wildman–Crippen LogP) is 2.60. The Morgan fingerprint density at radius 3 is 2.78 bits per heavy atom. The summed E-state index contributed by atoms with van der Waals surface area (Å²) in [6.45, 7) is 5.26. The summed E-state index contributed by atoms with van der Waals surface area (Å²) in [4.78, 5) is 4.31. The molecular weight excluding hydrogens is 295 g/mol. The molecule has 0 radical (unpaired) electrons. The van der Waals surface area contributed by atoms with E-state index < -0.39 is 0 Å². The van der Waals surface area contributed by atoms with Gasteiger partial charge in [0.1, 0.15) is 5.82 Å². The lowest BCUT2D eigenvalue weighted by molar-refractivity contribution is 0.613. The van der Waals surface area contributed by atoms with Crippen molar-refractivity contribution in [2.75, 3.05) is 11.9 Å². The Morgan fingerprint density at radius 2 is 2.04 bits per heavy atom. The lowest BCUT2D eigenvalue weighted by atomic mass is 10.1. The third-order valence-corrected chi connectivity index (χ3v) is 3.42. The SMILES string of the molecule is Cc1cc(C)n(CCNc2nncc(-c3ccccc3F)n2)n1. The topological polar surface area (TPSA) is 68.5 Å². The van der Waals surface area contributed by atoms with E-state index >= 15 is 0 Å². The van der Waals surface area contributed by atoms with Crippen LogP contribution in [-0.4, -0.2) is 31.5 Å². The van der Waals surface area contributed by atoms with Crippen molar-refractivity contribution in [3.05, 3.63) is 53.7 Å². The monoisotopic (exact) mass is 312 g/mol. The highest BCUT2D eigenvalue weighted by molar-refractivity contribution is 5.59. The first-order chi connectivity index (χ1) is 11.1. The quantitative estimate of drug-likeness (QED) is 0.784. The average molecular weight is 312 g/mol. The largest absolute Gasteiger partial charge is 0.351 e. The molecule has 118 valence electrons. The van der Waals surface area contributed by atoms with Crippen LogP contribution in [0.15, 0.2) is 36.5 Å². The minimum absolute atomic E-state index is 0.332. The van der Waals surface area contributed by atoms with Gasteiger partial charge in [-0.1, -0.05) is 12.1 Å². The van der Waals surface area contributed by atoms with Gasteiger partial charge in [0.15, 0.2) is 0 Å². The smallest absolute Gasteiger partial charge is 0.243 e. The van der Waals surface area contributed by atoms with Gasteiger partial charge >= 0.3 is 0 Å². The van der Waals surface area contributed by atoms with E-state index in [1.165, 1.54) is 12.3 Å². The summed E-state index contributed by atoms with van der Waals surface area (Å²) in [6, 6.07) is 8.49. The molecule has 0 aliphatic carbocycles. The van der Waals surface area contributed by atoms with Crippen molar-refractivity contribution in [2.45, 2.75) is 20.4 Å². The summed E-state index contributed by atoms with van der Waals surface area (Å²) in [7, 11) is 0. The third-order valence-electron chi connectivity index (χ3n) is 3.42. The van der Waals surface area contributed by atoms with Gasteiger partial charge < -0.3 is 5.32 Å². The molecular formula is C16H17FN6. The lowest BCUT2D eigenvalue weighted by Gasteiger charge is -2.07. The summed E-state index contributed by atoms with van der Waals surface area (Å²) in [5.74, 6) is 0.0360. The summed E-state index contributed by atoms with van der Waals surface area (Å²) in [5, 5.41) is 15.3. The second-order valence-electron chi connectivity index (χ2n) is 5.22. The van der Waals surface area contributed by atoms with E-state index in [4.69, 9.17) is 0 Å². The van der Waals surface area contributed by atoms with Gasteiger partial charge in [0, 0.05) is 17.8 Å². The van der Waals surface area contributed by atoms with Crippen molar-refractivity contribution >= 4 is 5.95 Å². The van der Waals surface area contributed by atoms with Crippen molar-refractivity contribution in [3.8, 4) is 11.3 Å². The number of rotatable bonds is 5. The average Bonchev–Trinajstić information content (AvgIpc) is 2.86. The van der Waals surface area contributed by atoms with Crippen molar-refractivity contribution in [3.63, 3.8) is 0 Å². The molecule has 0 bridgehead atoms. The summed E-state index contributed by atoms with van der Waals surface area (Å²) in [5.41, 5.74) is 2.95. The Labute approximate surface area is 133 Å². The summed E-state index contributed by atoms with van der Waals surface area (Å²) in [6.07, 6.45) is 1.45. The molecule has 0 amide bonds. The molecule has 23 heavy (non-hydrogen) atoms. The number of nitrogens with zero attached hydrogens (tertiary/aromatic N) is 5. The number of benzene rings is 1. The minimum atomic E-state index is -0.332. The summed E-state index contributed by atoms with van der Waals surface area (Å²) < 4.78 is 15.7. The lowest BCUT2D eigenvalue weighted by Crippen LogP contribution is -2.14. The Morgan fingerprint density at radius 1 is 1.22 bits per heavy atom. The fourth-order valence-corrected chi connectivity index (χ4v) is 2.35. The van der Waals surface area contributed by atoms with Crippen LogP contribution in [0.1, 0.15) is 11.4 Å². The number of anilines is 1. The van der Waals surface area contributed by atoms with Gasteiger partial charge in [-0.3, -0.25) is 4.68 Å². The van der Waals surface area contributed by atoms with Gasteiger partial charge in [0.2, 0.25) is 5.95 Å². The van der Waals surface area contributed by atoms with Crippen molar-refractivity contribution in [1.29, 1.82) is 0 Å². The molecule has 1 aromatic carbocycles. The maximum absolute atomic E-state index is 13.8. The molecule has 0 fully saturated rings. The maximum atomic E-state index is 13.8. The highest BCUT2D eigenvalue weighted by atomic mass is 19.1. The van der Waals surface area contributed by atoms with Crippen LogP contribution in [0.5, 0.6) is 0 Å². The second kappa shape index (κ2) is 6.51. The molecule has 2 heterocycles. The molecule has 0 spiro atoms. The van der Waals surface area contributed by atoms with Crippen molar-refractivity contribution < 1.29 is 4.39 Å². The van der Waals surface area contributed by atoms with E-state index in [-0.39, 0.29) is 5.82 Å². The third kappa shape index (κ3) is 3.50. The fourth-order valence-electron chi connectivity index (χ4n) is 2.35. The number of halogens is 1. The molecule has 0 unspecified atom stereocenters. The Balaban J connectivity index is 1.69. The van der Waals surface area contributed by atoms with E-state index in [0.717, 1.165) is 11.4 Å². The molecule has 0 aliphatic rings. The van der Waals surface area contributed by atoms with Crippen molar-refractivity contribution in [2.24, 2.45) is 0 Å². The highest BCUT2D eigenvalue weighted by Gasteiger charge is 2.08. The number of hydrogen-bond donors (Lipinski definition) is 1. The van der Waals surface area contributed by atoms with Gasteiger partial charge in [-0.05, 0) is 32.0 Å². The van der Waals surface area contributed by atoms with Gasteiger partial charge in [-0.2, -0.15) is 10.2 Å². The number of aromatic nitrogens is 5. The highest BCUT2D eigenvalue weighted by Crippen LogP contribution is 2.19. The Kier molecular flexibility index (Phi) is 4.27. The molecule has 7 heteroatoms. The van der Waals surface area contributed by atoms with E-state index in [9.17, 15) is 4.39 Å². The van der Waals surface area contributed by atoms with Gasteiger partial charge in [-0.15, -0.1) is 5.10 Å². The van der Waals surface area contributed by atoms with E-state index in [1.54, 1.807) is 18.2 Å². The van der Waals surface area contributed by atoms with E-state index in [1.807, 2.05) is 24.6 Å². The van der Waals surface area contributed by atoms with Crippen LogP contribution in [-0.2, 0) is 6.54 Å². The normalized spacial score (nSPS) is 10.7. The van der Waals surface area contributed by atoms with Gasteiger partial charge in [-0.25, -0.2) is 9.37 Å². The Hall–Kier alpha value is -2.83. The molecule has 0 saturated carbocycles. The van der Waals surface area contributed by atoms with Crippen LogP contribution in [0.4, 0.5) is 10.3 Å². The fraction of sp³-hybridized carbons (Fsp3) is 0.250. The first-order valence-electron chi connectivity index (χ1n) is 7.33. The second-order valence-corrected chi connectivity index (χ2v) is 5.22. The number of nitrogens with one attached hydrogen (secondary N) is 1. The van der Waals surface area contributed by atoms with E-state index in [2.05, 4.69) is 25.6 Å². The molecule has 3 aromatic rings. The first-order valence-corrected chi connectivity index (χ1v) is 7.33. The van der Waals surface area contributed by atoms with Crippen LogP contribution < -0.4 is 5.32 Å². The van der Waals surface area contributed by atoms with Crippen LogP contribution >= 0.6 is 0 Å². The molecule has 3 rings (SSSR count). The van der Waals surface area contributed by atoms with Gasteiger partial charge in [0.25, 0.3) is 0 Å². The molecule has 6 nitrogen and oxygen atoms in total. The zero-order chi connectivity index (χ0) is 16.2. The summed E-state index contributed by atoms with van der Waals surface area (Å²) >= 11 is 0. The first kappa shape index (κ1) is 15.1. The minimum Gasteiger partial charge on any atom is -0.351 e.